The van der Waals surface area contributed by atoms with Crippen LogP contribution in [0.15, 0.2) is 0 Å². The van der Waals surface area contributed by atoms with Crippen LogP contribution in [-0.4, -0.2) is 36.5 Å². The number of piperidine rings is 1. The van der Waals surface area contributed by atoms with Crippen LogP contribution in [0, 0.1) is 5.92 Å². The number of amides is 1. The molecule has 0 aromatic carbocycles. The van der Waals surface area contributed by atoms with Crippen LogP contribution >= 0.6 is 0 Å². The first-order chi connectivity index (χ1) is 8.31. The molecule has 1 saturated heterocycles. The summed E-state index contributed by atoms with van der Waals surface area (Å²) in [5.41, 5.74) is 0. The Balaban J connectivity index is 1.82. The van der Waals surface area contributed by atoms with Gasteiger partial charge in [-0.25, -0.2) is 0 Å². The van der Waals surface area contributed by atoms with Crippen molar-refractivity contribution in [2.75, 3.05) is 19.6 Å². The molecule has 0 aromatic rings. The molecule has 2 aliphatic rings. The molecule has 3 heteroatoms. The number of nitrogens with one attached hydrogen (secondary N) is 1. The summed E-state index contributed by atoms with van der Waals surface area (Å²) in [5, 5.41) is 3.38. The van der Waals surface area contributed by atoms with Crippen molar-refractivity contribution in [3.63, 3.8) is 0 Å². The van der Waals surface area contributed by atoms with E-state index in [0.717, 1.165) is 38.4 Å². The topological polar surface area (TPSA) is 32.3 Å². The maximum Gasteiger partial charge on any atom is 0.239 e. The molecule has 1 saturated carbocycles. The van der Waals surface area contributed by atoms with E-state index in [1.54, 1.807) is 0 Å². The largest absolute Gasteiger partial charge is 0.341 e. The van der Waals surface area contributed by atoms with Crippen LogP contribution in [-0.2, 0) is 4.79 Å². The van der Waals surface area contributed by atoms with Crippen LogP contribution in [0.3, 0.4) is 0 Å². The van der Waals surface area contributed by atoms with Gasteiger partial charge in [0.25, 0.3) is 0 Å². The highest BCUT2D eigenvalue weighted by atomic mass is 16.2. The highest BCUT2D eigenvalue weighted by Crippen LogP contribution is 2.26. The summed E-state index contributed by atoms with van der Waals surface area (Å²) in [6, 6.07) is 0.102. The minimum Gasteiger partial charge on any atom is -0.341 e. The second kappa shape index (κ2) is 6.39. The number of likely N-dealkylation sites (tertiary alicyclic amines) is 1. The van der Waals surface area contributed by atoms with E-state index in [-0.39, 0.29) is 6.04 Å². The highest BCUT2D eigenvalue weighted by molar-refractivity contribution is 5.82. The van der Waals surface area contributed by atoms with Gasteiger partial charge in [-0.1, -0.05) is 19.8 Å². The lowest BCUT2D eigenvalue weighted by Crippen LogP contribution is -2.51. The molecule has 1 unspecified atom stereocenters. The Bertz CT molecular complexity index is 249. The normalized spacial score (nSPS) is 26.8. The number of hydrogen-bond donors (Lipinski definition) is 1. The average Bonchev–Trinajstić information content (AvgIpc) is 2.83. The first kappa shape index (κ1) is 12.9. The predicted octanol–water partition coefficient (Wildman–Crippen LogP) is 2.17. The SMILES string of the molecule is CCCNC1CCCN(CC2CCCC2)C1=O. The predicted molar refractivity (Wildman–Crippen MR) is 69.9 cm³/mol. The van der Waals surface area contributed by atoms with Gasteiger partial charge >= 0.3 is 0 Å². The molecule has 0 spiro atoms. The van der Waals surface area contributed by atoms with E-state index in [9.17, 15) is 4.79 Å². The van der Waals surface area contributed by atoms with E-state index in [1.807, 2.05) is 0 Å². The summed E-state index contributed by atoms with van der Waals surface area (Å²) in [7, 11) is 0. The van der Waals surface area contributed by atoms with E-state index >= 15 is 0 Å². The maximum atomic E-state index is 12.3. The average molecular weight is 238 g/mol. The molecule has 1 heterocycles. The molecule has 3 nitrogen and oxygen atoms in total. The lowest BCUT2D eigenvalue weighted by Gasteiger charge is -2.34. The molecule has 0 bridgehead atoms. The Morgan fingerprint density at radius 2 is 2.00 bits per heavy atom. The zero-order chi connectivity index (χ0) is 12.1. The van der Waals surface area contributed by atoms with Crippen LogP contribution in [0.4, 0.5) is 0 Å². The smallest absolute Gasteiger partial charge is 0.239 e. The Labute approximate surface area is 105 Å². The fourth-order valence-corrected chi connectivity index (χ4v) is 3.13. The van der Waals surface area contributed by atoms with Gasteiger partial charge in [0, 0.05) is 13.1 Å². The zero-order valence-corrected chi connectivity index (χ0v) is 11.1. The molecule has 0 radical (unpaired) electrons. The van der Waals surface area contributed by atoms with E-state index in [1.165, 1.54) is 32.1 Å². The summed E-state index contributed by atoms with van der Waals surface area (Å²) in [6.45, 7) is 5.12. The van der Waals surface area contributed by atoms with E-state index in [0.29, 0.717) is 5.91 Å². The molecule has 1 aliphatic heterocycles. The third-order valence-electron chi connectivity index (χ3n) is 4.12. The van der Waals surface area contributed by atoms with E-state index < -0.39 is 0 Å². The van der Waals surface area contributed by atoms with Crippen molar-refractivity contribution in [2.24, 2.45) is 5.92 Å². The maximum absolute atomic E-state index is 12.3. The van der Waals surface area contributed by atoms with Crippen LogP contribution in [0.2, 0.25) is 0 Å². The number of carbonyl (C=O) groups excluding carboxylic acids is 1. The minimum atomic E-state index is 0.102. The van der Waals surface area contributed by atoms with Crippen molar-refractivity contribution in [3.8, 4) is 0 Å². The van der Waals surface area contributed by atoms with Gasteiger partial charge in [0.15, 0.2) is 0 Å². The van der Waals surface area contributed by atoms with Crippen LogP contribution < -0.4 is 5.32 Å². The molecule has 0 aromatic heterocycles. The summed E-state index contributed by atoms with van der Waals surface area (Å²) in [6.07, 6.45) is 8.69. The van der Waals surface area contributed by atoms with Gasteiger partial charge in [-0.15, -0.1) is 0 Å². The number of rotatable bonds is 5. The molecule has 1 aliphatic carbocycles. The van der Waals surface area contributed by atoms with Gasteiger partial charge in [-0.05, 0) is 44.6 Å². The Morgan fingerprint density at radius 3 is 2.71 bits per heavy atom. The van der Waals surface area contributed by atoms with Crippen molar-refractivity contribution in [1.29, 1.82) is 0 Å². The molecular weight excluding hydrogens is 212 g/mol. The molecule has 1 atom stereocenters. The first-order valence-electron chi connectivity index (χ1n) is 7.33. The Kier molecular flexibility index (Phi) is 4.84. The van der Waals surface area contributed by atoms with Gasteiger partial charge in [0.05, 0.1) is 6.04 Å². The summed E-state index contributed by atoms with van der Waals surface area (Å²) < 4.78 is 0. The van der Waals surface area contributed by atoms with Gasteiger partial charge < -0.3 is 10.2 Å². The number of nitrogens with zero attached hydrogens (tertiary/aromatic N) is 1. The van der Waals surface area contributed by atoms with Crippen molar-refractivity contribution >= 4 is 5.91 Å². The van der Waals surface area contributed by atoms with E-state index in [4.69, 9.17) is 0 Å². The quantitative estimate of drug-likeness (QED) is 0.796. The zero-order valence-electron chi connectivity index (χ0n) is 11.1. The fraction of sp³-hybridized carbons (Fsp3) is 0.929. The summed E-state index contributed by atoms with van der Waals surface area (Å²) in [5.74, 6) is 1.14. The number of carbonyl (C=O) groups is 1. The second-order valence-corrected chi connectivity index (χ2v) is 5.58. The van der Waals surface area contributed by atoms with Gasteiger partial charge in [-0.2, -0.15) is 0 Å². The summed E-state index contributed by atoms with van der Waals surface area (Å²) in [4.78, 5) is 14.4. The number of hydrogen-bond acceptors (Lipinski definition) is 2. The lowest BCUT2D eigenvalue weighted by molar-refractivity contribution is -0.136. The summed E-state index contributed by atoms with van der Waals surface area (Å²) >= 11 is 0. The molecule has 17 heavy (non-hydrogen) atoms. The van der Waals surface area contributed by atoms with Crippen molar-refractivity contribution in [3.05, 3.63) is 0 Å². The standard InChI is InChI=1S/C14H26N2O/c1-2-9-15-13-8-5-10-16(14(13)17)11-12-6-3-4-7-12/h12-13,15H,2-11H2,1H3. The van der Waals surface area contributed by atoms with Crippen molar-refractivity contribution in [1.82, 2.24) is 10.2 Å². The Morgan fingerprint density at radius 1 is 1.24 bits per heavy atom. The highest BCUT2D eigenvalue weighted by Gasteiger charge is 2.30. The van der Waals surface area contributed by atoms with Gasteiger partial charge in [0.1, 0.15) is 0 Å². The molecule has 98 valence electrons. The monoisotopic (exact) mass is 238 g/mol. The van der Waals surface area contributed by atoms with E-state index in [2.05, 4.69) is 17.1 Å². The van der Waals surface area contributed by atoms with Crippen LogP contribution in [0.25, 0.3) is 0 Å². The van der Waals surface area contributed by atoms with Crippen LogP contribution in [0.1, 0.15) is 51.9 Å². The molecule has 2 fully saturated rings. The first-order valence-corrected chi connectivity index (χ1v) is 7.33. The minimum absolute atomic E-state index is 0.102. The van der Waals surface area contributed by atoms with Crippen LogP contribution in [0.5, 0.6) is 0 Å². The Hall–Kier alpha value is -0.570. The molecule has 1 N–H and O–H groups in total. The lowest BCUT2D eigenvalue weighted by atomic mass is 10.0. The molecule has 2 rings (SSSR count). The fourth-order valence-electron chi connectivity index (χ4n) is 3.13. The van der Waals surface area contributed by atoms with Crippen molar-refractivity contribution in [2.45, 2.75) is 57.9 Å². The molecule has 1 amide bonds. The molecular formula is C14H26N2O. The second-order valence-electron chi connectivity index (χ2n) is 5.58. The third-order valence-corrected chi connectivity index (χ3v) is 4.12. The third kappa shape index (κ3) is 3.44. The van der Waals surface area contributed by atoms with Gasteiger partial charge in [-0.3, -0.25) is 4.79 Å². The van der Waals surface area contributed by atoms with Gasteiger partial charge in [0.2, 0.25) is 5.91 Å². The van der Waals surface area contributed by atoms with Crippen molar-refractivity contribution < 1.29 is 4.79 Å².